The highest BCUT2D eigenvalue weighted by Crippen LogP contribution is 2.16. The second kappa shape index (κ2) is 8.76. The van der Waals surface area contributed by atoms with Crippen LogP contribution >= 0.6 is 0 Å². The van der Waals surface area contributed by atoms with Crippen LogP contribution in [0.3, 0.4) is 0 Å². The average Bonchev–Trinajstić information content (AvgIpc) is 2.64. The second-order valence-corrected chi connectivity index (χ2v) is 5.32. The summed E-state index contributed by atoms with van der Waals surface area (Å²) in [4.78, 5) is 36.7. The molecule has 24 heavy (non-hydrogen) atoms. The molecule has 0 saturated carbocycles. The third-order valence-corrected chi connectivity index (χ3v) is 3.58. The monoisotopic (exact) mass is 335 g/mol. The molecule has 0 aliphatic carbocycles. The molecule has 130 valence electrons. The van der Waals surface area contributed by atoms with Crippen molar-refractivity contribution < 1.29 is 23.9 Å². The van der Waals surface area contributed by atoms with Crippen molar-refractivity contribution in [3.63, 3.8) is 0 Å². The summed E-state index contributed by atoms with van der Waals surface area (Å²) in [6, 6.07) is 6.72. The van der Waals surface area contributed by atoms with E-state index in [0.717, 1.165) is 19.3 Å². The predicted molar refractivity (Wildman–Crippen MR) is 85.2 cm³/mol. The highest BCUT2D eigenvalue weighted by molar-refractivity contribution is 6.35. The van der Waals surface area contributed by atoms with Crippen molar-refractivity contribution in [1.29, 1.82) is 0 Å². The van der Waals surface area contributed by atoms with E-state index in [1.54, 1.807) is 31.4 Å². The summed E-state index contributed by atoms with van der Waals surface area (Å²) >= 11 is 0. The van der Waals surface area contributed by atoms with Gasteiger partial charge in [0.1, 0.15) is 11.5 Å². The first-order valence-corrected chi connectivity index (χ1v) is 7.75. The Hall–Kier alpha value is -2.77. The largest absolute Gasteiger partial charge is 0.497 e. The van der Waals surface area contributed by atoms with E-state index in [1.165, 1.54) is 4.90 Å². The zero-order valence-corrected chi connectivity index (χ0v) is 13.5. The van der Waals surface area contributed by atoms with Crippen molar-refractivity contribution >= 4 is 17.7 Å². The molecular formula is C16H21N3O5. The fourth-order valence-corrected chi connectivity index (χ4v) is 2.28. The number of likely N-dealkylation sites (tertiary alicyclic amines) is 1. The third-order valence-electron chi connectivity index (χ3n) is 3.58. The van der Waals surface area contributed by atoms with Crippen molar-refractivity contribution in [2.24, 2.45) is 0 Å². The van der Waals surface area contributed by atoms with Gasteiger partial charge in [-0.1, -0.05) is 0 Å². The van der Waals surface area contributed by atoms with Crippen LogP contribution in [0.5, 0.6) is 11.5 Å². The number of hydrogen-bond donors (Lipinski definition) is 2. The standard InChI is InChI=1S/C16H21N3O5/c1-23-12-5-7-13(8-6-12)24-11-14(20)17-18-15(21)16(22)19-9-3-2-4-10-19/h5-8H,2-4,9-11H2,1H3,(H,17,20)(H,18,21). The normalized spacial score (nSPS) is 13.8. The number of amides is 3. The van der Waals surface area contributed by atoms with E-state index in [0.29, 0.717) is 24.6 Å². The van der Waals surface area contributed by atoms with Gasteiger partial charge in [-0.05, 0) is 43.5 Å². The van der Waals surface area contributed by atoms with Gasteiger partial charge in [0, 0.05) is 13.1 Å². The molecule has 1 aliphatic rings. The number of carbonyl (C=O) groups is 3. The highest BCUT2D eigenvalue weighted by Gasteiger charge is 2.23. The molecule has 3 amide bonds. The first-order valence-electron chi connectivity index (χ1n) is 7.75. The number of piperidine rings is 1. The number of carbonyl (C=O) groups excluding carboxylic acids is 3. The first-order chi connectivity index (χ1) is 11.6. The lowest BCUT2D eigenvalue weighted by molar-refractivity contribution is -0.147. The quantitative estimate of drug-likeness (QED) is 0.607. The fraction of sp³-hybridized carbons (Fsp3) is 0.438. The number of rotatable bonds is 4. The molecule has 1 fully saturated rings. The summed E-state index contributed by atoms with van der Waals surface area (Å²) in [7, 11) is 1.55. The summed E-state index contributed by atoms with van der Waals surface area (Å²) < 4.78 is 10.3. The Bertz CT molecular complexity index is 582. The molecule has 0 atom stereocenters. The van der Waals surface area contributed by atoms with Gasteiger partial charge in [0.2, 0.25) is 0 Å². The van der Waals surface area contributed by atoms with Gasteiger partial charge in [-0.25, -0.2) is 0 Å². The number of hydrazine groups is 1. The molecular weight excluding hydrogens is 314 g/mol. The average molecular weight is 335 g/mol. The van der Waals surface area contributed by atoms with Crippen LogP contribution in [0.1, 0.15) is 19.3 Å². The lowest BCUT2D eigenvalue weighted by atomic mass is 10.1. The van der Waals surface area contributed by atoms with Crippen LogP contribution in [-0.4, -0.2) is 49.4 Å². The molecule has 0 bridgehead atoms. The Morgan fingerprint density at radius 1 is 1.00 bits per heavy atom. The molecule has 1 heterocycles. The Labute approximate surface area is 140 Å². The Morgan fingerprint density at radius 3 is 2.25 bits per heavy atom. The van der Waals surface area contributed by atoms with E-state index in [1.807, 2.05) is 0 Å². The van der Waals surface area contributed by atoms with Gasteiger partial charge >= 0.3 is 11.8 Å². The lowest BCUT2D eigenvalue weighted by Gasteiger charge is -2.25. The highest BCUT2D eigenvalue weighted by atomic mass is 16.5. The number of methoxy groups -OCH3 is 1. The van der Waals surface area contributed by atoms with Crippen molar-refractivity contribution in [2.45, 2.75) is 19.3 Å². The van der Waals surface area contributed by atoms with E-state index in [2.05, 4.69) is 10.9 Å². The van der Waals surface area contributed by atoms with Gasteiger partial charge in [0.15, 0.2) is 6.61 Å². The van der Waals surface area contributed by atoms with Gasteiger partial charge in [-0.2, -0.15) is 0 Å². The topological polar surface area (TPSA) is 97.0 Å². The molecule has 0 aromatic heterocycles. The van der Waals surface area contributed by atoms with E-state index >= 15 is 0 Å². The molecule has 2 rings (SSSR count). The van der Waals surface area contributed by atoms with Gasteiger partial charge < -0.3 is 14.4 Å². The van der Waals surface area contributed by atoms with Crippen molar-refractivity contribution in [2.75, 3.05) is 26.8 Å². The van der Waals surface area contributed by atoms with Gasteiger partial charge in [0.25, 0.3) is 5.91 Å². The van der Waals surface area contributed by atoms with E-state index in [-0.39, 0.29) is 6.61 Å². The summed E-state index contributed by atoms with van der Waals surface area (Å²) in [5.41, 5.74) is 4.26. The van der Waals surface area contributed by atoms with E-state index in [9.17, 15) is 14.4 Å². The summed E-state index contributed by atoms with van der Waals surface area (Å²) in [5, 5.41) is 0. The van der Waals surface area contributed by atoms with E-state index in [4.69, 9.17) is 9.47 Å². The van der Waals surface area contributed by atoms with Crippen LogP contribution < -0.4 is 20.3 Å². The van der Waals surface area contributed by atoms with Gasteiger partial charge in [0.05, 0.1) is 7.11 Å². The number of nitrogens with zero attached hydrogens (tertiary/aromatic N) is 1. The zero-order chi connectivity index (χ0) is 17.4. The molecule has 1 aromatic carbocycles. The zero-order valence-electron chi connectivity index (χ0n) is 13.5. The lowest BCUT2D eigenvalue weighted by Crippen LogP contribution is -2.51. The Morgan fingerprint density at radius 2 is 1.62 bits per heavy atom. The Kier molecular flexibility index (Phi) is 6.41. The first kappa shape index (κ1) is 17.6. The molecule has 0 spiro atoms. The maximum atomic E-state index is 11.9. The van der Waals surface area contributed by atoms with Crippen LogP contribution in [0.2, 0.25) is 0 Å². The molecule has 1 saturated heterocycles. The van der Waals surface area contributed by atoms with Crippen LogP contribution in [-0.2, 0) is 14.4 Å². The molecule has 1 aromatic rings. The number of hydrogen-bond acceptors (Lipinski definition) is 5. The molecule has 0 radical (unpaired) electrons. The maximum Gasteiger partial charge on any atom is 0.327 e. The van der Waals surface area contributed by atoms with Crippen molar-refractivity contribution in [1.82, 2.24) is 15.8 Å². The molecule has 2 N–H and O–H groups in total. The number of nitrogens with one attached hydrogen (secondary N) is 2. The van der Waals surface area contributed by atoms with Crippen LogP contribution in [0.15, 0.2) is 24.3 Å². The minimum absolute atomic E-state index is 0.287. The van der Waals surface area contributed by atoms with E-state index < -0.39 is 17.7 Å². The summed E-state index contributed by atoms with van der Waals surface area (Å²) in [6.07, 6.45) is 2.84. The smallest absolute Gasteiger partial charge is 0.327 e. The SMILES string of the molecule is COc1ccc(OCC(=O)NNC(=O)C(=O)N2CCCCC2)cc1. The minimum atomic E-state index is -0.852. The molecule has 8 heteroatoms. The summed E-state index contributed by atoms with van der Waals surface area (Å²) in [6.45, 7) is 0.853. The van der Waals surface area contributed by atoms with Gasteiger partial charge in [-0.3, -0.25) is 25.2 Å². The minimum Gasteiger partial charge on any atom is -0.497 e. The van der Waals surface area contributed by atoms with Crippen molar-refractivity contribution in [3.8, 4) is 11.5 Å². The molecule has 8 nitrogen and oxygen atoms in total. The maximum absolute atomic E-state index is 11.9. The van der Waals surface area contributed by atoms with Crippen LogP contribution in [0, 0.1) is 0 Å². The van der Waals surface area contributed by atoms with Gasteiger partial charge in [-0.15, -0.1) is 0 Å². The summed E-state index contributed by atoms with van der Waals surface area (Å²) in [5.74, 6) is -0.886. The fourth-order valence-electron chi connectivity index (χ4n) is 2.28. The Balaban J connectivity index is 1.69. The van der Waals surface area contributed by atoms with Crippen LogP contribution in [0.25, 0.3) is 0 Å². The number of benzene rings is 1. The van der Waals surface area contributed by atoms with Crippen LogP contribution in [0.4, 0.5) is 0 Å². The molecule has 0 unspecified atom stereocenters. The van der Waals surface area contributed by atoms with Crippen molar-refractivity contribution in [3.05, 3.63) is 24.3 Å². The number of ether oxygens (including phenoxy) is 2. The predicted octanol–water partition coefficient (Wildman–Crippen LogP) is 0.234. The third kappa shape index (κ3) is 5.15. The second-order valence-electron chi connectivity index (χ2n) is 5.32. The molecule has 1 aliphatic heterocycles.